The van der Waals surface area contributed by atoms with E-state index >= 15 is 0 Å². The van der Waals surface area contributed by atoms with Crippen LogP contribution in [-0.4, -0.2) is 24.5 Å². The van der Waals surface area contributed by atoms with Crippen LogP contribution in [0.15, 0.2) is 24.3 Å². The molecule has 4 nitrogen and oxygen atoms in total. The fourth-order valence-corrected chi connectivity index (χ4v) is 3.03. The number of unbranched alkanes of at least 4 members (excludes halogenated alkanes) is 10. The van der Waals surface area contributed by atoms with Gasteiger partial charge in [-0.25, -0.2) is 9.18 Å². The summed E-state index contributed by atoms with van der Waals surface area (Å²) in [5, 5.41) is 2.54. The van der Waals surface area contributed by atoms with Crippen LogP contribution < -0.4 is 5.32 Å². The smallest absolute Gasteiger partial charge is 0.328 e. The minimum atomic E-state index is -0.761. The van der Waals surface area contributed by atoms with Gasteiger partial charge in [-0.3, -0.25) is 4.79 Å². The molecule has 1 rings (SSSR count). The Labute approximate surface area is 169 Å². The minimum absolute atomic E-state index is 0.185. The topological polar surface area (TPSA) is 55.4 Å². The zero-order valence-electron chi connectivity index (χ0n) is 17.5. The quantitative estimate of drug-likeness (QED) is 0.303. The Morgan fingerprint density at radius 2 is 1.54 bits per heavy atom. The predicted octanol–water partition coefficient (Wildman–Crippen LogP) is 5.80. The molecule has 1 aromatic rings. The summed E-state index contributed by atoms with van der Waals surface area (Å²) in [6.45, 7) is 4.18. The first kappa shape index (κ1) is 24.1. The SMILES string of the molecule is CCCCCCCCCCCCCOC(=O)C(C)NC(=O)c1cccc(F)c1. The number of ether oxygens (including phenoxy) is 1. The molecule has 28 heavy (non-hydrogen) atoms. The maximum atomic E-state index is 13.2. The summed E-state index contributed by atoms with van der Waals surface area (Å²) in [4.78, 5) is 23.9. The van der Waals surface area contributed by atoms with E-state index < -0.39 is 23.7 Å². The van der Waals surface area contributed by atoms with Crippen molar-refractivity contribution >= 4 is 11.9 Å². The Morgan fingerprint density at radius 1 is 0.964 bits per heavy atom. The maximum absolute atomic E-state index is 13.2. The van der Waals surface area contributed by atoms with Crippen molar-refractivity contribution in [3.05, 3.63) is 35.6 Å². The van der Waals surface area contributed by atoms with Crippen molar-refractivity contribution < 1.29 is 18.7 Å². The number of rotatable bonds is 15. The summed E-state index contributed by atoms with van der Waals surface area (Å²) in [5.41, 5.74) is 0.185. The van der Waals surface area contributed by atoms with E-state index in [1.54, 1.807) is 6.92 Å². The molecule has 0 spiro atoms. The lowest BCUT2D eigenvalue weighted by molar-refractivity contribution is -0.145. The van der Waals surface area contributed by atoms with Crippen LogP contribution in [0.25, 0.3) is 0 Å². The summed E-state index contributed by atoms with van der Waals surface area (Å²) < 4.78 is 18.4. The lowest BCUT2D eigenvalue weighted by atomic mass is 10.1. The number of carbonyl (C=O) groups excluding carboxylic acids is 2. The van der Waals surface area contributed by atoms with Gasteiger partial charge in [0.2, 0.25) is 0 Å². The Balaban J connectivity index is 2.03. The van der Waals surface area contributed by atoms with Crippen molar-refractivity contribution in [1.29, 1.82) is 0 Å². The van der Waals surface area contributed by atoms with Gasteiger partial charge in [-0.05, 0) is 31.5 Å². The summed E-state index contributed by atoms with van der Waals surface area (Å²) >= 11 is 0. The molecule has 1 atom stereocenters. The zero-order valence-corrected chi connectivity index (χ0v) is 17.5. The molecule has 1 aromatic carbocycles. The van der Waals surface area contributed by atoms with Gasteiger partial charge in [0.05, 0.1) is 6.61 Å². The van der Waals surface area contributed by atoms with Crippen LogP contribution in [-0.2, 0) is 9.53 Å². The van der Waals surface area contributed by atoms with Crippen LogP contribution in [0.2, 0.25) is 0 Å². The van der Waals surface area contributed by atoms with Gasteiger partial charge in [0, 0.05) is 5.56 Å². The van der Waals surface area contributed by atoms with Crippen molar-refractivity contribution in [2.45, 2.75) is 90.5 Å². The van der Waals surface area contributed by atoms with E-state index in [1.165, 1.54) is 76.0 Å². The van der Waals surface area contributed by atoms with Gasteiger partial charge in [0.1, 0.15) is 11.9 Å². The number of halogens is 1. The third kappa shape index (κ3) is 11.1. The molecule has 0 radical (unpaired) electrons. The molecular formula is C23H36FNO3. The first-order chi connectivity index (χ1) is 13.5. The Morgan fingerprint density at radius 3 is 2.11 bits per heavy atom. The summed E-state index contributed by atoms with van der Waals surface area (Å²) in [6, 6.07) is 4.60. The first-order valence-corrected chi connectivity index (χ1v) is 10.8. The van der Waals surface area contributed by atoms with Crippen LogP contribution in [0.5, 0.6) is 0 Å². The zero-order chi connectivity index (χ0) is 20.6. The molecule has 5 heteroatoms. The minimum Gasteiger partial charge on any atom is -0.464 e. The monoisotopic (exact) mass is 393 g/mol. The Kier molecular flexibility index (Phi) is 13.0. The fraction of sp³-hybridized carbons (Fsp3) is 0.652. The maximum Gasteiger partial charge on any atom is 0.328 e. The van der Waals surface area contributed by atoms with Crippen LogP contribution in [0.4, 0.5) is 4.39 Å². The molecule has 0 aliphatic carbocycles. The molecule has 0 fully saturated rings. The van der Waals surface area contributed by atoms with Crippen LogP contribution in [0, 0.1) is 5.82 Å². The van der Waals surface area contributed by atoms with Crippen LogP contribution in [0.3, 0.4) is 0 Å². The Bertz CT molecular complexity index is 577. The predicted molar refractivity (Wildman–Crippen MR) is 111 cm³/mol. The lowest BCUT2D eigenvalue weighted by Crippen LogP contribution is -2.39. The van der Waals surface area contributed by atoms with Gasteiger partial charge in [0.25, 0.3) is 5.91 Å². The number of hydrogen-bond donors (Lipinski definition) is 1. The van der Waals surface area contributed by atoms with Gasteiger partial charge < -0.3 is 10.1 Å². The summed E-state index contributed by atoms with van der Waals surface area (Å²) in [6.07, 6.45) is 13.6. The van der Waals surface area contributed by atoms with E-state index in [4.69, 9.17) is 4.74 Å². The highest BCUT2D eigenvalue weighted by molar-refractivity contribution is 5.96. The van der Waals surface area contributed by atoms with Gasteiger partial charge >= 0.3 is 5.97 Å². The molecule has 0 aliphatic rings. The van der Waals surface area contributed by atoms with E-state index in [1.807, 2.05) is 0 Å². The summed E-state index contributed by atoms with van der Waals surface area (Å²) in [7, 11) is 0. The van der Waals surface area contributed by atoms with E-state index in [-0.39, 0.29) is 5.56 Å². The molecule has 158 valence electrons. The molecule has 0 bridgehead atoms. The van der Waals surface area contributed by atoms with Crippen molar-refractivity contribution in [2.24, 2.45) is 0 Å². The van der Waals surface area contributed by atoms with E-state index in [0.717, 1.165) is 18.9 Å². The molecule has 0 aromatic heterocycles. The van der Waals surface area contributed by atoms with Crippen molar-refractivity contribution in [3.63, 3.8) is 0 Å². The number of benzene rings is 1. The molecule has 1 N–H and O–H groups in total. The van der Waals surface area contributed by atoms with Crippen LogP contribution >= 0.6 is 0 Å². The molecule has 0 heterocycles. The highest BCUT2D eigenvalue weighted by Gasteiger charge is 2.18. The van der Waals surface area contributed by atoms with Crippen molar-refractivity contribution in [2.75, 3.05) is 6.61 Å². The van der Waals surface area contributed by atoms with Gasteiger partial charge in [0.15, 0.2) is 0 Å². The summed E-state index contributed by atoms with van der Waals surface area (Å²) in [5.74, 6) is -1.44. The van der Waals surface area contributed by atoms with Gasteiger partial charge in [-0.2, -0.15) is 0 Å². The molecule has 0 aliphatic heterocycles. The average Bonchev–Trinajstić information content (AvgIpc) is 2.68. The second kappa shape index (κ2) is 15.1. The van der Waals surface area contributed by atoms with Gasteiger partial charge in [-0.15, -0.1) is 0 Å². The molecule has 1 amide bonds. The molecule has 1 unspecified atom stereocenters. The first-order valence-electron chi connectivity index (χ1n) is 10.8. The van der Waals surface area contributed by atoms with E-state index in [2.05, 4.69) is 12.2 Å². The van der Waals surface area contributed by atoms with Crippen LogP contribution in [0.1, 0.15) is 94.8 Å². The molecule has 0 saturated heterocycles. The van der Waals surface area contributed by atoms with Gasteiger partial charge in [-0.1, -0.05) is 77.2 Å². The lowest BCUT2D eigenvalue weighted by Gasteiger charge is -2.13. The Hall–Kier alpha value is -1.91. The third-order valence-electron chi connectivity index (χ3n) is 4.78. The second-order valence-electron chi connectivity index (χ2n) is 7.41. The number of carbonyl (C=O) groups is 2. The van der Waals surface area contributed by atoms with E-state index in [9.17, 15) is 14.0 Å². The fourth-order valence-electron chi connectivity index (χ4n) is 3.03. The van der Waals surface area contributed by atoms with E-state index in [0.29, 0.717) is 6.61 Å². The highest BCUT2D eigenvalue weighted by Crippen LogP contribution is 2.11. The third-order valence-corrected chi connectivity index (χ3v) is 4.78. The second-order valence-corrected chi connectivity index (χ2v) is 7.41. The highest BCUT2D eigenvalue weighted by atomic mass is 19.1. The van der Waals surface area contributed by atoms with Crippen molar-refractivity contribution in [3.8, 4) is 0 Å². The standard InChI is InChI=1S/C23H36FNO3/c1-3-4-5-6-7-8-9-10-11-12-13-17-28-23(27)19(2)25-22(26)20-15-14-16-21(24)18-20/h14-16,18-19H,3-13,17H2,1-2H3,(H,25,26). The number of hydrogen-bond acceptors (Lipinski definition) is 3. The number of amides is 1. The largest absolute Gasteiger partial charge is 0.464 e. The normalized spacial score (nSPS) is 11.8. The van der Waals surface area contributed by atoms with Crippen molar-refractivity contribution in [1.82, 2.24) is 5.32 Å². The average molecular weight is 394 g/mol. The molecular weight excluding hydrogens is 357 g/mol. The number of nitrogens with one attached hydrogen (secondary N) is 1. The molecule has 0 saturated carbocycles. The number of esters is 1.